The highest BCUT2D eigenvalue weighted by Crippen LogP contribution is 2.30. The molecule has 7 nitrogen and oxygen atoms in total. The van der Waals surface area contributed by atoms with Crippen molar-refractivity contribution in [3.8, 4) is 5.75 Å². The zero-order chi connectivity index (χ0) is 25.6. The molecule has 0 radical (unpaired) electrons. The van der Waals surface area contributed by atoms with Gasteiger partial charge in [-0.15, -0.1) is 0 Å². The third-order valence-electron chi connectivity index (χ3n) is 5.46. The number of aryl methyl sites for hydroxylation is 3. The molecule has 7 heteroatoms. The van der Waals surface area contributed by atoms with E-state index in [-0.39, 0.29) is 5.56 Å². The average Bonchev–Trinajstić information content (AvgIpc) is 2.73. The van der Waals surface area contributed by atoms with Crippen LogP contribution in [-0.2, 0) is 18.2 Å². The molecule has 0 fully saturated rings. The smallest absolute Gasteiger partial charge is 0.405 e. The van der Waals surface area contributed by atoms with Crippen molar-refractivity contribution in [3.05, 3.63) is 46.0 Å². The van der Waals surface area contributed by atoms with E-state index in [1.807, 2.05) is 26.1 Å². The molecule has 186 valence electrons. The van der Waals surface area contributed by atoms with Gasteiger partial charge in [0.1, 0.15) is 11.4 Å². The number of pyridine rings is 2. The number of nitrogens with two attached hydrogens (primary N) is 1. The fraction of sp³-hybridized carbons (Fsp3) is 0.519. The number of carbonyl (C=O) groups excluding carboxylic acids is 1. The molecule has 3 rings (SSSR count). The van der Waals surface area contributed by atoms with Crippen LogP contribution in [0.4, 0.5) is 4.79 Å². The van der Waals surface area contributed by atoms with Crippen LogP contribution in [0.15, 0.2) is 29.2 Å². The minimum Gasteiger partial charge on any atom is -0.493 e. The maximum atomic E-state index is 12.8. The lowest BCUT2D eigenvalue weighted by atomic mass is 10.0. The summed E-state index contributed by atoms with van der Waals surface area (Å²) in [7, 11) is 1.82. The summed E-state index contributed by atoms with van der Waals surface area (Å²) < 4.78 is 12.4. The van der Waals surface area contributed by atoms with Crippen molar-refractivity contribution in [1.82, 2.24) is 9.55 Å². The van der Waals surface area contributed by atoms with E-state index in [0.29, 0.717) is 17.9 Å². The van der Waals surface area contributed by atoms with Gasteiger partial charge in [-0.05, 0) is 76.0 Å². The number of nitrogens with zero attached hydrogens (tertiary/aromatic N) is 2. The summed E-state index contributed by atoms with van der Waals surface area (Å²) in [6.45, 7) is 14.5. The number of rotatable bonds is 6. The molecule has 0 saturated carbocycles. The van der Waals surface area contributed by atoms with Crippen molar-refractivity contribution in [1.29, 1.82) is 0 Å². The Morgan fingerprint density at radius 2 is 1.88 bits per heavy atom. The highest BCUT2D eigenvalue weighted by molar-refractivity contribution is 6.06. The van der Waals surface area contributed by atoms with E-state index in [1.165, 1.54) is 5.56 Å². The molecule has 0 saturated heterocycles. The third kappa shape index (κ3) is 6.95. The first-order chi connectivity index (χ1) is 15.9. The topological polar surface area (TPSA) is 96.4 Å². The molecule has 1 amide bonds. The van der Waals surface area contributed by atoms with Gasteiger partial charge < -0.3 is 19.8 Å². The SMILES string of the molecule is CC(C)(C)OC(N)=O.CCc1cc2c3ccnc(C)c3c(=O)n(C)c2cc1OCCCC(C)C. The number of fused-ring (bicyclic) bond motifs is 3. The zero-order valence-corrected chi connectivity index (χ0v) is 21.8. The fourth-order valence-corrected chi connectivity index (χ4v) is 3.83. The summed E-state index contributed by atoms with van der Waals surface area (Å²) in [6, 6.07) is 6.14. The lowest BCUT2D eigenvalue weighted by molar-refractivity contribution is 0.0600. The molecule has 0 aliphatic carbocycles. The molecule has 0 bridgehead atoms. The number of hydrogen-bond donors (Lipinski definition) is 1. The van der Waals surface area contributed by atoms with Crippen LogP contribution < -0.4 is 16.0 Å². The standard InChI is InChI=1S/C22H28N2O2.C5H11NO2/c1-6-16-12-18-17-9-10-23-15(4)21(17)22(25)24(5)19(18)13-20(16)26-11-7-8-14(2)3;1-5(2,3)8-4(6)7/h9-10,12-14H,6-8,11H2,1-5H3;1-3H3,(H2,6,7). The van der Waals surface area contributed by atoms with E-state index < -0.39 is 11.7 Å². The monoisotopic (exact) mass is 469 g/mol. The van der Waals surface area contributed by atoms with E-state index in [9.17, 15) is 9.59 Å². The van der Waals surface area contributed by atoms with Crippen LogP contribution in [0.2, 0.25) is 0 Å². The molecular formula is C27H39N3O4. The summed E-state index contributed by atoms with van der Waals surface area (Å²) in [6.07, 6.45) is 4.14. The lowest BCUT2D eigenvalue weighted by Crippen LogP contribution is -2.27. The van der Waals surface area contributed by atoms with Crippen LogP contribution in [-0.4, -0.2) is 27.9 Å². The molecule has 0 aliphatic heterocycles. The number of primary amides is 1. The van der Waals surface area contributed by atoms with Crippen molar-refractivity contribution < 1.29 is 14.3 Å². The minimum absolute atomic E-state index is 0.00638. The summed E-state index contributed by atoms with van der Waals surface area (Å²) in [5, 5.41) is 2.76. The van der Waals surface area contributed by atoms with E-state index in [1.54, 1.807) is 31.5 Å². The van der Waals surface area contributed by atoms with Gasteiger partial charge in [0.15, 0.2) is 0 Å². The van der Waals surface area contributed by atoms with Gasteiger partial charge in [0.25, 0.3) is 5.56 Å². The maximum Gasteiger partial charge on any atom is 0.405 e. The Balaban J connectivity index is 0.000000440. The molecule has 1 aromatic carbocycles. The van der Waals surface area contributed by atoms with E-state index in [0.717, 1.165) is 47.0 Å². The molecule has 34 heavy (non-hydrogen) atoms. The summed E-state index contributed by atoms with van der Waals surface area (Å²) in [5.74, 6) is 1.58. The van der Waals surface area contributed by atoms with Crippen LogP contribution in [0.25, 0.3) is 21.7 Å². The molecule has 0 spiro atoms. The predicted octanol–water partition coefficient (Wildman–Crippen LogP) is 5.65. The van der Waals surface area contributed by atoms with Crippen molar-refractivity contribution in [2.24, 2.45) is 18.7 Å². The third-order valence-corrected chi connectivity index (χ3v) is 5.46. The van der Waals surface area contributed by atoms with Crippen LogP contribution in [0.1, 0.15) is 65.6 Å². The molecule has 2 heterocycles. The van der Waals surface area contributed by atoms with E-state index >= 15 is 0 Å². The van der Waals surface area contributed by atoms with Gasteiger partial charge in [-0.2, -0.15) is 0 Å². The highest BCUT2D eigenvalue weighted by Gasteiger charge is 2.15. The Labute approximate surface area is 202 Å². The fourth-order valence-electron chi connectivity index (χ4n) is 3.83. The quantitative estimate of drug-likeness (QED) is 0.371. The maximum absolute atomic E-state index is 12.8. The number of amides is 1. The zero-order valence-electron chi connectivity index (χ0n) is 21.8. The molecule has 2 aromatic heterocycles. The Hall–Kier alpha value is -3.09. The normalized spacial score (nSPS) is 11.4. The Kier molecular flexibility index (Phi) is 9.07. The van der Waals surface area contributed by atoms with Gasteiger partial charge in [-0.25, -0.2) is 4.79 Å². The first-order valence-corrected chi connectivity index (χ1v) is 11.9. The van der Waals surface area contributed by atoms with Gasteiger partial charge >= 0.3 is 6.09 Å². The summed E-state index contributed by atoms with van der Waals surface area (Å²) in [4.78, 5) is 27.2. The molecule has 3 aromatic rings. The van der Waals surface area contributed by atoms with E-state index in [2.05, 4.69) is 36.6 Å². The Morgan fingerprint density at radius 1 is 1.21 bits per heavy atom. The number of aromatic nitrogens is 2. The van der Waals surface area contributed by atoms with Crippen molar-refractivity contribution in [2.45, 2.75) is 73.3 Å². The van der Waals surface area contributed by atoms with Gasteiger partial charge in [-0.3, -0.25) is 9.78 Å². The van der Waals surface area contributed by atoms with Gasteiger partial charge in [0.05, 0.1) is 23.2 Å². The molecule has 2 N–H and O–H groups in total. The number of benzene rings is 1. The van der Waals surface area contributed by atoms with Crippen molar-refractivity contribution >= 4 is 27.8 Å². The van der Waals surface area contributed by atoms with Gasteiger partial charge in [-0.1, -0.05) is 20.8 Å². The first kappa shape index (κ1) is 27.2. The molecule has 0 unspecified atom stereocenters. The minimum atomic E-state index is -0.725. The first-order valence-electron chi connectivity index (χ1n) is 11.9. The van der Waals surface area contributed by atoms with Gasteiger partial charge in [0, 0.05) is 24.7 Å². The van der Waals surface area contributed by atoms with Crippen LogP contribution in [0, 0.1) is 12.8 Å². The number of hydrogen-bond acceptors (Lipinski definition) is 5. The predicted molar refractivity (Wildman–Crippen MR) is 139 cm³/mol. The van der Waals surface area contributed by atoms with Crippen LogP contribution >= 0.6 is 0 Å². The van der Waals surface area contributed by atoms with Crippen molar-refractivity contribution in [2.75, 3.05) is 6.61 Å². The van der Waals surface area contributed by atoms with E-state index in [4.69, 9.17) is 10.5 Å². The Bertz CT molecular complexity index is 1210. The molecule has 0 aliphatic rings. The second-order valence-corrected chi connectivity index (χ2v) is 9.93. The van der Waals surface area contributed by atoms with Crippen molar-refractivity contribution in [3.63, 3.8) is 0 Å². The number of carbonyl (C=O) groups is 1. The number of ether oxygens (including phenoxy) is 2. The Morgan fingerprint density at radius 3 is 2.41 bits per heavy atom. The second kappa shape index (κ2) is 11.4. The molecule has 0 atom stereocenters. The second-order valence-electron chi connectivity index (χ2n) is 9.93. The van der Waals surface area contributed by atoms with Gasteiger partial charge in [0.2, 0.25) is 0 Å². The summed E-state index contributed by atoms with van der Waals surface area (Å²) >= 11 is 0. The summed E-state index contributed by atoms with van der Waals surface area (Å²) in [5.41, 5.74) is 7.12. The average molecular weight is 470 g/mol. The lowest BCUT2D eigenvalue weighted by Gasteiger charge is -2.16. The van der Waals surface area contributed by atoms with Crippen LogP contribution in [0.5, 0.6) is 5.75 Å². The van der Waals surface area contributed by atoms with Crippen LogP contribution in [0.3, 0.4) is 0 Å². The molecular weight excluding hydrogens is 430 g/mol. The largest absolute Gasteiger partial charge is 0.493 e. The highest BCUT2D eigenvalue weighted by atomic mass is 16.6.